The van der Waals surface area contributed by atoms with E-state index < -0.39 is 17.8 Å². The van der Waals surface area contributed by atoms with Gasteiger partial charge in [-0.1, -0.05) is 18.2 Å². The molecule has 0 spiro atoms. The van der Waals surface area contributed by atoms with Crippen LogP contribution in [-0.2, 0) is 14.4 Å². The summed E-state index contributed by atoms with van der Waals surface area (Å²) in [7, 11) is 0. The fourth-order valence-corrected chi connectivity index (χ4v) is 5.23. The van der Waals surface area contributed by atoms with Crippen LogP contribution in [0, 0.1) is 20.8 Å². The van der Waals surface area contributed by atoms with Gasteiger partial charge in [0.2, 0.25) is 0 Å². The maximum absolute atomic E-state index is 13.2. The molecule has 0 aromatic heterocycles. The van der Waals surface area contributed by atoms with Crippen molar-refractivity contribution in [3.8, 4) is 5.75 Å². The van der Waals surface area contributed by atoms with Crippen molar-refractivity contribution in [2.75, 3.05) is 16.8 Å². The first kappa shape index (κ1) is 27.3. The Balaban J connectivity index is 1.53. The SMILES string of the molecule is Cc1cccc(NC(=O)COc2c(Br)cc(/C=C3/C(=O)NC(=O)N(c4ccc(C)c(C)c4)C3=O)cc2Br)c1. The molecule has 1 saturated heterocycles. The molecule has 194 valence electrons. The minimum atomic E-state index is -0.810. The summed E-state index contributed by atoms with van der Waals surface area (Å²) in [6.45, 7) is 5.49. The largest absolute Gasteiger partial charge is 0.481 e. The molecule has 8 nitrogen and oxygen atoms in total. The lowest BCUT2D eigenvalue weighted by Crippen LogP contribution is -2.54. The number of ether oxygens (including phenoxy) is 1. The van der Waals surface area contributed by atoms with Gasteiger partial charge in [0.15, 0.2) is 6.61 Å². The van der Waals surface area contributed by atoms with Crippen LogP contribution in [0.5, 0.6) is 5.75 Å². The number of aryl methyl sites for hydroxylation is 3. The van der Waals surface area contributed by atoms with Crippen molar-refractivity contribution in [2.45, 2.75) is 20.8 Å². The van der Waals surface area contributed by atoms with E-state index in [4.69, 9.17) is 4.74 Å². The van der Waals surface area contributed by atoms with Gasteiger partial charge in [-0.15, -0.1) is 0 Å². The molecular weight excluding hydrogens is 618 g/mol. The Bertz CT molecular complexity index is 1490. The van der Waals surface area contributed by atoms with Gasteiger partial charge in [0, 0.05) is 5.69 Å². The minimum absolute atomic E-state index is 0.201. The lowest BCUT2D eigenvalue weighted by molar-refractivity contribution is -0.122. The van der Waals surface area contributed by atoms with Gasteiger partial charge in [0.25, 0.3) is 17.7 Å². The van der Waals surface area contributed by atoms with Crippen molar-refractivity contribution in [1.82, 2.24) is 5.32 Å². The number of rotatable bonds is 6. The first-order chi connectivity index (χ1) is 18.0. The number of carbonyl (C=O) groups is 4. The first-order valence-corrected chi connectivity index (χ1v) is 13.1. The Morgan fingerprint density at radius 2 is 1.68 bits per heavy atom. The van der Waals surface area contributed by atoms with Crippen molar-refractivity contribution in [2.24, 2.45) is 0 Å². The van der Waals surface area contributed by atoms with Crippen molar-refractivity contribution in [3.05, 3.63) is 91.4 Å². The number of nitrogens with zero attached hydrogens (tertiary/aromatic N) is 1. The molecule has 1 aliphatic rings. The number of anilines is 2. The van der Waals surface area contributed by atoms with E-state index in [2.05, 4.69) is 42.5 Å². The molecule has 5 amide bonds. The topological polar surface area (TPSA) is 105 Å². The number of amides is 5. The molecule has 0 bridgehead atoms. The fourth-order valence-electron chi connectivity index (χ4n) is 3.78. The molecule has 0 saturated carbocycles. The van der Waals surface area contributed by atoms with Gasteiger partial charge in [0.1, 0.15) is 11.3 Å². The zero-order valence-corrected chi connectivity index (χ0v) is 23.9. The number of carbonyl (C=O) groups excluding carboxylic acids is 4. The molecule has 1 fully saturated rings. The second-order valence-electron chi connectivity index (χ2n) is 8.75. The third kappa shape index (κ3) is 6.03. The quantitative estimate of drug-likeness (QED) is 0.261. The van der Waals surface area contributed by atoms with E-state index in [1.54, 1.807) is 36.4 Å². The Hall–Kier alpha value is -3.76. The molecule has 10 heteroatoms. The predicted molar refractivity (Wildman–Crippen MR) is 152 cm³/mol. The number of hydrogen-bond acceptors (Lipinski definition) is 5. The van der Waals surface area contributed by atoms with Crippen LogP contribution in [0.4, 0.5) is 16.2 Å². The lowest BCUT2D eigenvalue weighted by atomic mass is 10.1. The highest BCUT2D eigenvalue weighted by Gasteiger charge is 2.37. The molecule has 0 atom stereocenters. The Morgan fingerprint density at radius 3 is 2.34 bits per heavy atom. The van der Waals surface area contributed by atoms with Crippen molar-refractivity contribution in [3.63, 3.8) is 0 Å². The maximum Gasteiger partial charge on any atom is 0.335 e. The van der Waals surface area contributed by atoms with Crippen LogP contribution in [0.2, 0.25) is 0 Å². The average molecular weight is 641 g/mol. The van der Waals surface area contributed by atoms with E-state index >= 15 is 0 Å². The molecule has 0 unspecified atom stereocenters. The molecule has 2 N–H and O–H groups in total. The summed E-state index contributed by atoms with van der Waals surface area (Å²) in [5.41, 5.74) is 4.26. The molecule has 3 aromatic rings. The monoisotopic (exact) mass is 639 g/mol. The molecule has 1 heterocycles. The Labute approximate surface area is 236 Å². The summed E-state index contributed by atoms with van der Waals surface area (Å²) in [6, 6.07) is 15.1. The molecular formula is C28H23Br2N3O5. The number of nitrogens with one attached hydrogen (secondary N) is 2. The Kier molecular flexibility index (Phi) is 8.13. The molecule has 4 rings (SSSR count). The Morgan fingerprint density at radius 1 is 0.974 bits per heavy atom. The van der Waals surface area contributed by atoms with Crippen LogP contribution in [-0.4, -0.2) is 30.4 Å². The zero-order chi connectivity index (χ0) is 27.6. The summed E-state index contributed by atoms with van der Waals surface area (Å²) in [5, 5.41) is 5.00. The van der Waals surface area contributed by atoms with Crippen LogP contribution in [0.1, 0.15) is 22.3 Å². The highest BCUT2D eigenvalue weighted by atomic mass is 79.9. The van der Waals surface area contributed by atoms with Gasteiger partial charge >= 0.3 is 6.03 Å². The third-order valence-electron chi connectivity index (χ3n) is 5.83. The van der Waals surface area contributed by atoms with Crippen LogP contribution < -0.4 is 20.3 Å². The van der Waals surface area contributed by atoms with E-state index in [9.17, 15) is 19.2 Å². The van der Waals surface area contributed by atoms with E-state index in [-0.39, 0.29) is 18.1 Å². The minimum Gasteiger partial charge on any atom is -0.481 e. The predicted octanol–water partition coefficient (Wildman–Crippen LogP) is 5.82. The molecule has 3 aromatic carbocycles. The van der Waals surface area contributed by atoms with E-state index in [0.717, 1.165) is 21.6 Å². The van der Waals surface area contributed by atoms with E-state index in [1.165, 1.54) is 6.08 Å². The molecule has 0 radical (unpaired) electrons. The van der Waals surface area contributed by atoms with E-state index in [1.807, 2.05) is 39.0 Å². The standard InChI is InChI=1S/C28H23Br2N3O5/c1-15-5-4-6-19(9-15)31-24(34)14-38-25-22(29)12-18(13-23(25)30)11-21-26(35)32-28(37)33(27(21)36)20-8-7-16(2)17(3)10-20/h4-13H,14H2,1-3H3,(H,31,34)(H,32,35,37)/b21-11-. The van der Waals surface area contributed by atoms with Crippen LogP contribution >= 0.6 is 31.9 Å². The van der Waals surface area contributed by atoms with Gasteiger partial charge in [-0.3, -0.25) is 19.7 Å². The summed E-state index contributed by atoms with van der Waals surface area (Å²) in [6.07, 6.45) is 1.39. The van der Waals surface area contributed by atoms with Gasteiger partial charge in [-0.25, -0.2) is 9.69 Å². The second-order valence-corrected chi connectivity index (χ2v) is 10.5. The van der Waals surface area contributed by atoms with Gasteiger partial charge in [-0.05, 0) is 117 Å². The average Bonchev–Trinajstić information content (AvgIpc) is 2.83. The highest BCUT2D eigenvalue weighted by molar-refractivity contribution is 9.11. The number of benzene rings is 3. The number of barbiturate groups is 1. The third-order valence-corrected chi connectivity index (χ3v) is 7.01. The first-order valence-electron chi connectivity index (χ1n) is 11.5. The number of halogens is 2. The van der Waals surface area contributed by atoms with Crippen LogP contribution in [0.15, 0.2) is 69.1 Å². The zero-order valence-electron chi connectivity index (χ0n) is 20.7. The number of urea groups is 1. The van der Waals surface area contributed by atoms with Crippen molar-refractivity contribution in [1.29, 1.82) is 0 Å². The van der Waals surface area contributed by atoms with E-state index in [0.29, 0.717) is 31.6 Å². The van der Waals surface area contributed by atoms with Gasteiger partial charge < -0.3 is 10.1 Å². The van der Waals surface area contributed by atoms with Gasteiger partial charge in [0.05, 0.1) is 14.6 Å². The second kappa shape index (κ2) is 11.3. The number of hydrogen-bond donors (Lipinski definition) is 2. The van der Waals surface area contributed by atoms with Crippen molar-refractivity contribution >= 4 is 73.1 Å². The summed E-state index contributed by atoms with van der Waals surface area (Å²) in [5.74, 6) is -1.48. The molecule has 0 aliphatic carbocycles. The number of imide groups is 2. The highest BCUT2D eigenvalue weighted by Crippen LogP contribution is 2.36. The summed E-state index contributed by atoms with van der Waals surface area (Å²) >= 11 is 6.85. The van der Waals surface area contributed by atoms with Gasteiger partial charge in [-0.2, -0.15) is 0 Å². The van der Waals surface area contributed by atoms with Crippen LogP contribution in [0.3, 0.4) is 0 Å². The van der Waals surface area contributed by atoms with Crippen LogP contribution in [0.25, 0.3) is 6.08 Å². The maximum atomic E-state index is 13.2. The normalized spacial score (nSPS) is 14.5. The molecule has 38 heavy (non-hydrogen) atoms. The smallest absolute Gasteiger partial charge is 0.335 e. The fraction of sp³-hybridized carbons (Fsp3) is 0.143. The van der Waals surface area contributed by atoms with Crippen molar-refractivity contribution < 1.29 is 23.9 Å². The molecule has 1 aliphatic heterocycles. The lowest BCUT2D eigenvalue weighted by Gasteiger charge is -2.27. The summed E-state index contributed by atoms with van der Waals surface area (Å²) < 4.78 is 6.69. The summed E-state index contributed by atoms with van der Waals surface area (Å²) in [4.78, 5) is 51.6.